The summed E-state index contributed by atoms with van der Waals surface area (Å²) in [5.41, 5.74) is 0.0757. The number of nitriles is 1. The number of esters is 1. The highest BCUT2D eigenvalue weighted by Gasteiger charge is 2.40. The summed E-state index contributed by atoms with van der Waals surface area (Å²) in [4.78, 5) is 51.1. The SMILES string of the molecule is CC(OC(=O)c1ccc(CN2C(=O)CNC2=O)cc1)C(=O)N(C)C1(C#N)CCCCC1. The van der Waals surface area contributed by atoms with E-state index in [-0.39, 0.29) is 24.6 Å². The molecule has 2 aliphatic rings. The number of imide groups is 1. The van der Waals surface area contributed by atoms with Crippen LogP contribution in [0.5, 0.6) is 0 Å². The van der Waals surface area contributed by atoms with Crippen LogP contribution in [-0.2, 0) is 20.9 Å². The maximum atomic E-state index is 12.8. The van der Waals surface area contributed by atoms with E-state index in [1.165, 1.54) is 24.0 Å². The summed E-state index contributed by atoms with van der Waals surface area (Å²) in [5, 5.41) is 12.1. The summed E-state index contributed by atoms with van der Waals surface area (Å²) < 4.78 is 5.34. The van der Waals surface area contributed by atoms with Crippen LogP contribution in [-0.4, -0.2) is 58.8 Å². The number of benzene rings is 1. The summed E-state index contributed by atoms with van der Waals surface area (Å²) >= 11 is 0. The molecule has 1 atom stereocenters. The summed E-state index contributed by atoms with van der Waals surface area (Å²) in [6.45, 7) is 1.59. The molecule has 31 heavy (non-hydrogen) atoms. The Hall–Kier alpha value is -3.41. The predicted octanol–water partition coefficient (Wildman–Crippen LogP) is 1.97. The highest BCUT2D eigenvalue weighted by molar-refractivity contribution is 6.01. The van der Waals surface area contributed by atoms with Crippen LogP contribution in [0.2, 0.25) is 0 Å². The minimum atomic E-state index is -1.03. The molecule has 9 heteroatoms. The Balaban J connectivity index is 1.60. The van der Waals surface area contributed by atoms with Gasteiger partial charge in [-0.05, 0) is 37.5 Å². The smallest absolute Gasteiger partial charge is 0.338 e. The van der Waals surface area contributed by atoms with Crippen molar-refractivity contribution in [3.05, 3.63) is 35.4 Å². The molecule has 1 aliphatic heterocycles. The molecule has 1 N–H and O–H groups in total. The van der Waals surface area contributed by atoms with Gasteiger partial charge in [-0.25, -0.2) is 9.59 Å². The number of nitrogens with one attached hydrogen (secondary N) is 1. The first kappa shape index (κ1) is 22.3. The second-order valence-electron chi connectivity index (χ2n) is 7.98. The first-order chi connectivity index (χ1) is 14.8. The Labute approximate surface area is 180 Å². The fraction of sp³-hybridized carbons (Fsp3) is 0.500. The fourth-order valence-electron chi connectivity index (χ4n) is 3.97. The van der Waals surface area contributed by atoms with Crippen molar-refractivity contribution in [1.82, 2.24) is 15.1 Å². The van der Waals surface area contributed by atoms with Crippen LogP contribution in [0.3, 0.4) is 0 Å². The summed E-state index contributed by atoms with van der Waals surface area (Å²) in [6.07, 6.45) is 3.02. The number of rotatable bonds is 6. The zero-order valence-electron chi connectivity index (χ0n) is 17.7. The van der Waals surface area contributed by atoms with Crippen LogP contribution < -0.4 is 5.32 Å². The van der Waals surface area contributed by atoms with Crippen LogP contribution >= 0.6 is 0 Å². The average molecular weight is 426 g/mol. The van der Waals surface area contributed by atoms with Gasteiger partial charge in [0, 0.05) is 7.05 Å². The van der Waals surface area contributed by atoms with Crippen molar-refractivity contribution in [3.8, 4) is 6.07 Å². The third-order valence-electron chi connectivity index (χ3n) is 5.96. The third kappa shape index (κ3) is 4.68. The number of urea groups is 1. The van der Waals surface area contributed by atoms with Crippen LogP contribution in [0, 0.1) is 11.3 Å². The van der Waals surface area contributed by atoms with E-state index in [2.05, 4.69) is 11.4 Å². The number of likely N-dealkylation sites (N-methyl/N-ethyl adjacent to an activating group) is 1. The van der Waals surface area contributed by atoms with Gasteiger partial charge in [0.15, 0.2) is 6.10 Å². The van der Waals surface area contributed by atoms with Gasteiger partial charge in [0.05, 0.1) is 24.7 Å². The number of ether oxygens (including phenoxy) is 1. The monoisotopic (exact) mass is 426 g/mol. The molecule has 1 heterocycles. The standard InChI is InChI=1S/C22H26N4O5/c1-15(19(28)25(2)22(14-23)10-4-3-5-11-22)31-20(29)17-8-6-16(7-9-17)13-26-18(27)12-24-21(26)30/h6-9,15H,3-5,10-13H2,1-2H3,(H,24,30). The topological polar surface area (TPSA) is 120 Å². The Morgan fingerprint density at radius 3 is 2.42 bits per heavy atom. The minimum Gasteiger partial charge on any atom is -0.449 e. The lowest BCUT2D eigenvalue weighted by molar-refractivity contribution is -0.143. The van der Waals surface area contributed by atoms with Gasteiger partial charge in [-0.3, -0.25) is 14.5 Å². The summed E-state index contributed by atoms with van der Waals surface area (Å²) in [7, 11) is 1.59. The van der Waals surface area contributed by atoms with Gasteiger partial charge in [-0.2, -0.15) is 5.26 Å². The van der Waals surface area contributed by atoms with E-state index < -0.39 is 29.6 Å². The molecule has 0 spiro atoms. The molecule has 1 aliphatic carbocycles. The van der Waals surface area contributed by atoms with Crippen molar-refractivity contribution in [3.63, 3.8) is 0 Å². The lowest BCUT2D eigenvalue weighted by atomic mass is 9.81. The van der Waals surface area contributed by atoms with Gasteiger partial charge in [0.1, 0.15) is 5.54 Å². The zero-order valence-corrected chi connectivity index (χ0v) is 17.7. The largest absolute Gasteiger partial charge is 0.449 e. The number of nitrogens with zero attached hydrogens (tertiary/aromatic N) is 3. The van der Waals surface area contributed by atoms with Crippen LogP contribution in [0.25, 0.3) is 0 Å². The Kier molecular flexibility index (Phi) is 6.59. The maximum Gasteiger partial charge on any atom is 0.338 e. The number of amides is 4. The van der Waals surface area contributed by atoms with E-state index in [1.807, 2.05) is 0 Å². The van der Waals surface area contributed by atoms with Crippen molar-refractivity contribution >= 4 is 23.8 Å². The van der Waals surface area contributed by atoms with Gasteiger partial charge in [-0.15, -0.1) is 0 Å². The summed E-state index contributed by atoms with van der Waals surface area (Å²) in [6, 6.07) is 8.14. The van der Waals surface area contributed by atoms with Crippen molar-refractivity contribution in [2.75, 3.05) is 13.6 Å². The van der Waals surface area contributed by atoms with E-state index in [9.17, 15) is 24.4 Å². The molecular weight excluding hydrogens is 400 g/mol. The van der Waals surface area contributed by atoms with Crippen LogP contribution in [0.1, 0.15) is 54.9 Å². The second-order valence-corrected chi connectivity index (χ2v) is 7.98. The third-order valence-corrected chi connectivity index (χ3v) is 5.96. The van der Waals surface area contributed by atoms with E-state index >= 15 is 0 Å². The average Bonchev–Trinajstić information content (AvgIpc) is 3.10. The Morgan fingerprint density at radius 2 is 1.87 bits per heavy atom. The maximum absolute atomic E-state index is 12.8. The van der Waals surface area contributed by atoms with Crippen LogP contribution in [0.15, 0.2) is 24.3 Å². The summed E-state index contributed by atoms with van der Waals surface area (Å²) in [5.74, 6) is -1.38. The Bertz CT molecular complexity index is 899. The van der Waals surface area contributed by atoms with Crippen molar-refractivity contribution in [2.45, 2.75) is 57.2 Å². The lowest BCUT2D eigenvalue weighted by Gasteiger charge is -2.39. The zero-order chi connectivity index (χ0) is 22.6. The first-order valence-corrected chi connectivity index (χ1v) is 10.3. The molecular formula is C22H26N4O5. The second kappa shape index (κ2) is 9.16. The van der Waals surface area contributed by atoms with Gasteiger partial charge >= 0.3 is 12.0 Å². The molecule has 1 unspecified atom stereocenters. The Morgan fingerprint density at radius 1 is 1.23 bits per heavy atom. The molecule has 164 valence electrons. The van der Waals surface area contributed by atoms with Gasteiger partial charge in [0.2, 0.25) is 5.91 Å². The number of hydrogen-bond acceptors (Lipinski definition) is 6. The molecule has 0 radical (unpaired) electrons. The number of hydrogen-bond donors (Lipinski definition) is 1. The quantitative estimate of drug-likeness (QED) is 0.549. The van der Waals surface area contributed by atoms with Gasteiger partial charge in [-0.1, -0.05) is 31.4 Å². The molecule has 1 aromatic carbocycles. The van der Waals surface area contributed by atoms with Crippen molar-refractivity contribution < 1.29 is 23.9 Å². The van der Waals surface area contributed by atoms with E-state index in [0.29, 0.717) is 18.4 Å². The highest BCUT2D eigenvalue weighted by atomic mass is 16.5. The first-order valence-electron chi connectivity index (χ1n) is 10.3. The van der Waals surface area contributed by atoms with E-state index in [4.69, 9.17) is 4.74 Å². The molecule has 9 nitrogen and oxygen atoms in total. The molecule has 1 saturated carbocycles. The fourth-order valence-corrected chi connectivity index (χ4v) is 3.97. The molecule has 0 aromatic heterocycles. The molecule has 2 fully saturated rings. The van der Waals surface area contributed by atoms with E-state index in [0.717, 1.165) is 24.2 Å². The van der Waals surface area contributed by atoms with Crippen molar-refractivity contribution in [2.24, 2.45) is 0 Å². The van der Waals surface area contributed by atoms with Crippen LogP contribution in [0.4, 0.5) is 4.79 Å². The molecule has 1 saturated heterocycles. The molecule has 0 bridgehead atoms. The van der Waals surface area contributed by atoms with E-state index in [1.54, 1.807) is 19.2 Å². The predicted molar refractivity (Wildman–Crippen MR) is 109 cm³/mol. The van der Waals surface area contributed by atoms with Gasteiger partial charge in [0.25, 0.3) is 5.91 Å². The highest BCUT2D eigenvalue weighted by Crippen LogP contribution is 2.33. The normalized spacial score (nSPS) is 18.7. The lowest BCUT2D eigenvalue weighted by Crippen LogP contribution is -2.53. The molecule has 1 aromatic rings. The minimum absolute atomic E-state index is 0.0172. The van der Waals surface area contributed by atoms with Gasteiger partial charge < -0.3 is 15.0 Å². The van der Waals surface area contributed by atoms with Crippen molar-refractivity contribution in [1.29, 1.82) is 5.26 Å². The molecule has 4 amide bonds. The number of carbonyl (C=O) groups is 4. The molecule has 3 rings (SSSR count). The number of carbonyl (C=O) groups excluding carboxylic acids is 4.